The van der Waals surface area contributed by atoms with Crippen molar-refractivity contribution in [2.45, 2.75) is 20.3 Å². The van der Waals surface area contributed by atoms with Gasteiger partial charge in [-0.25, -0.2) is 9.37 Å². The Hall–Kier alpha value is -3.13. The monoisotopic (exact) mass is 385 g/mol. The van der Waals surface area contributed by atoms with Crippen LogP contribution in [0.5, 0.6) is 0 Å². The highest BCUT2D eigenvalue weighted by Crippen LogP contribution is 2.27. The second-order valence-corrected chi connectivity index (χ2v) is 7.08. The summed E-state index contributed by atoms with van der Waals surface area (Å²) >= 11 is 1.33. The van der Waals surface area contributed by atoms with Crippen LogP contribution in [0.3, 0.4) is 0 Å². The second kappa shape index (κ2) is 7.63. The maximum absolute atomic E-state index is 13.0. The van der Waals surface area contributed by atoms with Gasteiger partial charge < -0.3 is 0 Å². The third kappa shape index (κ3) is 4.17. The molecule has 0 saturated carbocycles. The molecule has 0 aliphatic rings. The van der Waals surface area contributed by atoms with Gasteiger partial charge in [0.2, 0.25) is 0 Å². The van der Waals surface area contributed by atoms with E-state index < -0.39 is 10.8 Å². The molecular formula is C19H16FN3O3S. The summed E-state index contributed by atoms with van der Waals surface area (Å²) in [5.74, 6) is -0.738. The Labute approximate surface area is 158 Å². The lowest BCUT2D eigenvalue weighted by molar-refractivity contribution is -0.385. The number of aromatic nitrogens is 1. The first-order valence-corrected chi connectivity index (χ1v) is 8.93. The molecule has 8 heteroatoms. The molecule has 1 amide bonds. The zero-order chi connectivity index (χ0) is 19.6. The van der Waals surface area contributed by atoms with Crippen molar-refractivity contribution in [2.75, 3.05) is 5.32 Å². The number of rotatable bonds is 5. The Morgan fingerprint density at radius 3 is 2.59 bits per heavy atom. The molecule has 0 radical (unpaired) electrons. The van der Waals surface area contributed by atoms with Gasteiger partial charge in [0.1, 0.15) is 5.82 Å². The molecule has 3 rings (SSSR count). The van der Waals surface area contributed by atoms with Crippen molar-refractivity contribution in [1.29, 1.82) is 0 Å². The van der Waals surface area contributed by atoms with Gasteiger partial charge in [-0.15, -0.1) is 11.3 Å². The number of carbonyl (C=O) groups is 1. The van der Waals surface area contributed by atoms with Crippen LogP contribution in [0.25, 0.3) is 0 Å². The number of benzene rings is 2. The van der Waals surface area contributed by atoms with Crippen molar-refractivity contribution in [2.24, 2.45) is 0 Å². The summed E-state index contributed by atoms with van der Waals surface area (Å²) in [6.07, 6.45) is 0.579. The van der Waals surface area contributed by atoms with Gasteiger partial charge in [0.05, 0.1) is 10.6 Å². The summed E-state index contributed by atoms with van der Waals surface area (Å²) in [5.41, 5.74) is 2.15. The van der Waals surface area contributed by atoms with E-state index in [1.54, 1.807) is 19.1 Å². The van der Waals surface area contributed by atoms with Crippen molar-refractivity contribution in [3.63, 3.8) is 0 Å². The van der Waals surface area contributed by atoms with E-state index in [1.807, 2.05) is 6.92 Å². The number of halogens is 1. The summed E-state index contributed by atoms with van der Waals surface area (Å²) in [7, 11) is 0. The molecule has 0 fully saturated rings. The molecule has 0 saturated heterocycles. The van der Waals surface area contributed by atoms with Crippen molar-refractivity contribution < 1.29 is 14.1 Å². The zero-order valence-corrected chi connectivity index (χ0v) is 15.5. The van der Waals surface area contributed by atoms with Gasteiger partial charge >= 0.3 is 0 Å². The van der Waals surface area contributed by atoms with E-state index in [4.69, 9.17) is 0 Å². The minimum atomic E-state index is -0.513. The molecule has 0 aliphatic heterocycles. The fourth-order valence-electron chi connectivity index (χ4n) is 2.66. The van der Waals surface area contributed by atoms with E-state index in [0.717, 1.165) is 16.1 Å². The normalized spacial score (nSPS) is 10.6. The Morgan fingerprint density at radius 2 is 1.93 bits per heavy atom. The molecule has 2 aromatic carbocycles. The highest BCUT2D eigenvalue weighted by molar-refractivity contribution is 7.15. The van der Waals surface area contributed by atoms with E-state index in [1.165, 1.54) is 41.7 Å². The van der Waals surface area contributed by atoms with Crippen molar-refractivity contribution >= 4 is 28.1 Å². The molecule has 0 atom stereocenters. The number of nitro benzene ring substituents is 1. The maximum atomic E-state index is 13.0. The Bertz CT molecular complexity index is 1020. The third-order valence-corrected chi connectivity index (χ3v) is 5.21. The largest absolute Gasteiger partial charge is 0.298 e. The van der Waals surface area contributed by atoms with Crippen LogP contribution >= 0.6 is 11.3 Å². The predicted octanol–water partition coefficient (Wildman–Crippen LogP) is 4.65. The first kappa shape index (κ1) is 18.7. The number of hydrogen-bond acceptors (Lipinski definition) is 5. The van der Waals surface area contributed by atoms with Crippen LogP contribution in [0.1, 0.15) is 32.1 Å². The van der Waals surface area contributed by atoms with Crippen molar-refractivity contribution in [3.8, 4) is 0 Å². The number of anilines is 1. The van der Waals surface area contributed by atoms with Crippen LogP contribution < -0.4 is 5.32 Å². The smallest absolute Gasteiger partial charge is 0.273 e. The number of hydrogen-bond donors (Lipinski definition) is 1. The standard InChI is InChI=1S/C19H16FN3O3S/c1-11-15(4-3-5-16(11)23(25)26)18(24)22-19-21-12(2)17(27-19)10-13-6-8-14(20)9-7-13/h3-9H,10H2,1-2H3,(H,21,22,24). The van der Waals surface area contributed by atoms with Crippen LogP contribution in [0, 0.1) is 29.8 Å². The average Bonchev–Trinajstić information content (AvgIpc) is 2.95. The van der Waals surface area contributed by atoms with E-state index in [9.17, 15) is 19.3 Å². The Morgan fingerprint density at radius 1 is 1.22 bits per heavy atom. The highest BCUT2D eigenvalue weighted by Gasteiger charge is 2.19. The molecule has 1 aromatic heterocycles. The molecule has 27 heavy (non-hydrogen) atoms. The van der Waals surface area contributed by atoms with E-state index in [2.05, 4.69) is 10.3 Å². The number of amides is 1. The third-order valence-electron chi connectivity index (χ3n) is 4.14. The lowest BCUT2D eigenvalue weighted by Crippen LogP contribution is -2.14. The topological polar surface area (TPSA) is 85.1 Å². The van der Waals surface area contributed by atoms with Gasteiger partial charge in [-0.2, -0.15) is 0 Å². The molecule has 0 aliphatic carbocycles. The minimum absolute atomic E-state index is 0.102. The van der Waals surface area contributed by atoms with Crippen LogP contribution in [-0.2, 0) is 6.42 Å². The molecule has 1 N–H and O–H groups in total. The molecule has 0 spiro atoms. The van der Waals surface area contributed by atoms with Crippen molar-refractivity contribution in [3.05, 3.63) is 85.7 Å². The average molecular weight is 385 g/mol. The second-order valence-electron chi connectivity index (χ2n) is 5.99. The van der Waals surface area contributed by atoms with Gasteiger partial charge in [-0.05, 0) is 37.6 Å². The lowest BCUT2D eigenvalue weighted by atomic mass is 10.1. The first-order chi connectivity index (χ1) is 12.8. The maximum Gasteiger partial charge on any atom is 0.273 e. The van der Waals surface area contributed by atoms with Crippen molar-refractivity contribution in [1.82, 2.24) is 4.98 Å². The predicted molar refractivity (Wildman–Crippen MR) is 102 cm³/mol. The zero-order valence-electron chi connectivity index (χ0n) is 14.7. The highest BCUT2D eigenvalue weighted by atomic mass is 32.1. The molecule has 3 aromatic rings. The molecule has 0 unspecified atom stereocenters. The number of nitro groups is 1. The number of nitrogens with zero attached hydrogens (tertiary/aromatic N) is 2. The van der Waals surface area contributed by atoms with Crippen LogP contribution in [0.2, 0.25) is 0 Å². The fraction of sp³-hybridized carbons (Fsp3) is 0.158. The fourth-order valence-corrected chi connectivity index (χ4v) is 3.66. The van der Waals surface area contributed by atoms with E-state index >= 15 is 0 Å². The molecule has 1 heterocycles. The van der Waals surface area contributed by atoms with Crippen LogP contribution in [0.4, 0.5) is 15.2 Å². The van der Waals surface area contributed by atoms with Gasteiger partial charge in [0.15, 0.2) is 5.13 Å². The molecule has 0 bridgehead atoms. The Kier molecular flexibility index (Phi) is 5.27. The molecule has 6 nitrogen and oxygen atoms in total. The molecule has 138 valence electrons. The van der Waals surface area contributed by atoms with E-state index in [0.29, 0.717) is 17.1 Å². The van der Waals surface area contributed by atoms with Gasteiger partial charge in [-0.3, -0.25) is 20.2 Å². The lowest BCUT2D eigenvalue weighted by Gasteiger charge is -2.05. The molecular weight excluding hydrogens is 369 g/mol. The number of nitrogens with one attached hydrogen (secondary N) is 1. The van der Waals surface area contributed by atoms with E-state index in [-0.39, 0.29) is 17.1 Å². The Balaban J connectivity index is 1.79. The summed E-state index contributed by atoms with van der Waals surface area (Å²) in [5, 5.41) is 14.2. The first-order valence-electron chi connectivity index (χ1n) is 8.11. The summed E-state index contributed by atoms with van der Waals surface area (Å²) in [6.45, 7) is 3.38. The number of thiazole rings is 1. The van der Waals surface area contributed by atoms with Gasteiger partial charge in [0, 0.05) is 28.5 Å². The minimum Gasteiger partial charge on any atom is -0.298 e. The van der Waals surface area contributed by atoms with Gasteiger partial charge in [0.25, 0.3) is 11.6 Å². The summed E-state index contributed by atoms with van der Waals surface area (Å²) < 4.78 is 13.0. The number of aryl methyl sites for hydroxylation is 1. The summed E-state index contributed by atoms with van der Waals surface area (Å²) in [4.78, 5) is 28.3. The SMILES string of the molecule is Cc1nc(NC(=O)c2cccc([N+](=O)[O-])c2C)sc1Cc1ccc(F)cc1. The summed E-state index contributed by atoms with van der Waals surface area (Å²) in [6, 6.07) is 10.6. The number of carbonyl (C=O) groups excluding carboxylic acids is 1. The van der Waals surface area contributed by atoms with Crippen LogP contribution in [0.15, 0.2) is 42.5 Å². The van der Waals surface area contributed by atoms with Gasteiger partial charge in [-0.1, -0.05) is 18.2 Å². The quantitative estimate of drug-likeness (QED) is 0.512. The van der Waals surface area contributed by atoms with Crippen LogP contribution in [-0.4, -0.2) is 15.8 Å².